The van der Waals surface area contributed by atoms with Gasteiger partial charge in [-0.05, 0) is 56.7 Å². The van der Waals surface area contributed by atoms with E-state index in [2.05, 4.69) is 15.6 Å². The molecular formula is C19H21N3O3S. The van der Waals surface area contributed by atoms with Crippen LogP contribution >= 0.6 is 11.3 Å². The van der Waals surface area contributed by atoms with E-state index in [1.807, 2.05) is 0 Å². The number of thiazole rings is 1. The Kier molecular flexibility index (Phi) is 4.99. The Hall–Kier alpha value is -2.25. The van der Waals surface area contributed by atoms with Crippen LogP contribution in [0.3, 0.4) is 0 Å². The van der Waals surface area contributed by atoms with Crippen molar-refractivity contribution < 1.29 is 14.3 Å². The molecule has 1 saturated heterocycles. The van der Waals surface area contributed by atoms with Crippen LogP contribution in [-0.2, 0) is 22.4 Å². The highest BCUT2D eigenvalue weighted by Crippen LogP contribution is 2.29. The second-order valence-corrected chi connectivity index (χ2v) is 7.71. The molecular weight excluding hydrogens is 350 g/mol. The van der Waals surface area contributed by atoms with Crippen LogP contribution in [-0.4, -0.2) is 29.5 Å². The van der Waals surface area contributed by atoms with Gasteiger partial charge in [-0.3, -0.25) is 14.9 Å². The first-order valence-electron chi connectivity index (χ1n) is 9.01. The monoisotopic (exact) mass is 371 g/mol. The van der Waals surface area contributed by atoms with E-state index >= 15 is 0 Å². The van der Waals surface area contributed by atoms with Gasteiger partial charge in [-0.15, -0.1) is 11.3 Å². The lowest BCUT2D eigenvalue weighted by atomic mass is 10.0. The highest BCUT2D eigenvalue weighted by Gasteiger charge is 2.23. The van der Waals surface area contributed by atoms with Gasteiger partial charge >= 0.3 is 0 Å². The quantitative estimate of drug-likeness (QED) is 0.863. The van der Waals surface area contributed by atoms with Gasteiger partial charge in [0.15, 0.2) is 5.13 Å². The first kappa shape index (κ1) is 17.2. The van der Waals surface area contributed by atoms with Gasteiger partial charge in [-0.2, -0.15) is 0 Å². The molecule has 0 bridgehead atoms. The van der Waals surface area contributed by atoms with Crippen molar-refractivity contribution in [1.82, 2.24) is 4.98 Å². The Balaban J connectivity index is 1.42. The Labute approximate surface area is 156 Å². The zero-order valence-corrected chi connectivity index (χ0v) is 15.2. The molecule has 1 aromatic heterocycles. The number of anilines is 2. The van der Waals surface area contributed by atoms with Crippen molar-refractivity contribution in [1.29, 1.82) is 0 Å². The average molecular weight is 371 g/mol. The Morgan fingerprint density at radius 1 is 1.15 bits per heavy atom. The standard InChI is InChI=1S/C19H21N3O3S/c23-17(22-19-21-14-7-1-2-9-16(14)26-19)12-5-3-6-13(11-12)20-18(24)15-8-4-10-25-15/h3,5-6,11,15H,1-2,4,7-10H2,(H,20,24)(H,21,22,23)/t15-/m0/s1. The predicted molar refractivity (Wildman–Crippen MR) is 101 cm³/mol. The third kappa shape index (κ3) is 3.78. The minimum absolute atomic E-state index is 0.160. The third-order valence-corrected chi connectivity index (χ3v) is 5.75. The molecule has 2 N–H and O–H groups in total. The number of nitrogens with zero attached hydrogens (tertiary/aromatic N) is 1. The van der Waals surface area contributed by atoms with E-state index in [1.165, 1.54) is 11.3 Å². The summed E-state index contributed by atoms with van der Waals surface area (Å²) in [5.74, 6) is -0.378. The number of ether oxygens (including phenoxy) is 1. The molecule has 2 heterocycles. The molecule has 1 aliphatic heterocycles. The molecule has 0 spiro atoms. The number of aryl methyl sites for hydroxylation is 2. The fraction of sp³-hybridized carbons (Fsp3) is 0.421. The van der Waals surface area contributed by atoms with E-state index < -0.39 is 6.10 Å². The van der Waals surface area contributed by atoms with Crippen LogP contribution in [0.15, 0.2) is 24.3 Å². The van der Waals surface area contributed by atoms with Crippen molar-refractivity contribution in [2.75, 3.05) is 17.2 Å². The van der Waals surface area contributed by atoms with Gasteiger partial charge in [0.2, 0.25) is 0 Å². The normalized spacial score (nSPS) is 19.0. The first-order chi connectivity index (χ1) is 12.7. The van der Waals surface area contributed by atoms with Gasteiger partial charge in [0.1, 0.15) is 6.10 Å². The second kappa shape index (κ2) is 7.55. The lowest BCUT2D eigenvalue weighted by molar-refractivity contribution is -0.124. The lowest BCUT2D eigenvalue weighted by Crippen LogP contribution is -2.27. The van der Waals surface area contributed by atoms with Gasteiger partial charge in [-0.25, -0.2) is 4.98 Å². The van der Waals surface area contributed by atoms with Crippen LogP contribution < -0.4 is 10.6 Å². The lowest BCUT2D eigenvalue weighted by Gasteiger charge is -2.11. The smallest absolute Gasteiger partial charge is 0.257 e. The molecule has 26 heavy (non-hydrogen) atoms. The first-order valence-corrected chi connectivity index (χ1v) is 9.83. The summed E-state index contributed by atoms with van der Waals surface area (Å²) in [6.07, 6.45) is 5.64. The Morgan fingerprint density at radius 3 is 2.85 bits per heavy atom. The number of aromatic nitrogens is 1. The summed E-state index contributed by atoms with van der Waals surface area (Å²) in [6, 6.07) is 6.93. The number of rotatable bonds is 4. The summed E-state index contributed by atoms with van der Waals surface area (Å²) < 4.78 is 5.39. The van der Waals surface area contributed by atoms with Crippen molar-refractivity contribution in [3.05, 3.63) is 40.4 Å². The molecule has 1 aromatic carbocycles. The largest absolute Gasteiger partial charge is 0.368 e. The van der Waals surface area contributed by atoms with E-state index in [1.54, 1.807) is 35.6 Å². The number of hydrogen-bond acceptors (Lipinski definition) is 5. The molecule has 4 rings (SSSR count). The molecule has 2 amide bonds. The van der Waals surface area contributed by atoms with Crippen LogP contribution in [0.2, 0.25) is 0 Å². The molecule has 6 nitrogen and oxygen atoms in total. The number of hydrogen-bond donors (Lipinski definition) is 2. The van der Waals surface area contributed by atoms with Gasteiger partial charge < -0.3 is 10.1 Å². The number of carbonyl (C=O) groups is 2. The van der Waals surface area contributed by atoms with Crippen LogP contribution in [0.1, 0.15) is 46.6 Å². The molecule has 0 radical (unpaired) electrons. The maximum absolute atomic E-state index is 12.5. The topological polar surface area (TPSA) is 80.3 Å². The fourth-order valence-electron chi connectivity index (χ4n) is 3.32. The Bertz CT molecular complexity index is 804. The zero-order chi connectivity index (χ0) is 17.9. The summed E-state index contributed by atoms with van der Waals surface area (Å²) in [5.41, 5.74) is 2.20. The van der Waals surface area contributed by atoms with Gasteiger partial charge in [0.05, 0.1) is 5.69 Å². The summed E-state index contributed by atoms with van der Waals surface area (Å²) >= 11 is 1.56. The number of amides is 2. The van der Waals surface area contributed by atoms with Crippen molar-refractivity contribution >= 4 is 34.0 Å². The van der Waals surface area contributed by atoms with Gasteiger partial charge in [0.25, 0.3) is 11.8 Å². The van der Waals surface area contributed by atoms with E-state index in [4.69, 9.17) is 4.74 Å². The zero-order valence-electron chi connectivity index (χ0n) is 14.4. The summed E-state index contributed by atoms with van der Waals surface area (Å²) in [4.78, 5) is 30.5. The van der Waals surface area contributed by atoms with Crippen molar-refractivity contribution in [3.8, 4) is 0 Å². The van der Waals surface area contributed by atoms with Gasteiger partial charge in [0, 0.05) is 22.7 Å². The number of benzene rings is 1. The van der Waals surface area contributed by atoms with Crippen LogP contribution in [0.5, 0.6) is 0 Å². The number of carbonyl (C=O) groups excluding carboxylic acids is 2. The van der Waals surface area contributed by atoms with Gasteiger partial charge in [-0.1, -0.05) is 6.07 Å². The number of nitrogens with one attached hydrogen (secondary N) is 2. The van der Waals surface area contributed by atoms with E-state index in [-0.39, 0.29) is 11.8 Å². The molecule has 1 atom stereocenters. The molecule has 2 aromatic rings. The molecule has 1 fully saturated rings. The van der Waals surface area contributed by atoms with Crippen LogP contribution in [0.25, 0.3) is 0 Å². The molecule has 1 aliphatic carbocycles. The van der Waals surface area contributed by atoms with Crippen LogP contribution in [0, 0.1) is 0 Å². The third-order valence-electron chi connectivity index (χ3n) is 4.68. The molecule has 7 heteroatoms. The average Bonchev–Trinajstić information content (AvgIpc) is 3.31. The van der Waals surface area contributed by atoms with Crippen molar-refractivity contribution in [2.24, 2.45) is 0 Å². The molecule has 0 saturated carbocycles. The van der Waals surface area contributed by atoms with Crippen molar-refractivity contribution in [2.45, 2.75) is 44.6 Å². The second-order valence-electron chi connectivity index (χ2n) is 6.62. The maximum atomic E-state index is 12.5. The Morgan fingerprint density at radius 2 is 2.04 bits per heavy atom. The van der Waals surface area contributed by atoms with E-state index in [0.29, 0.717) is 23.0 Å². The maximum Gasteiger partial charge on any atom is 0.257 e. The van der Waals surface area contributed by atoms with Crippen LogP contribution in [0.4, 0.5) is 10.8 Å². The molecule has 0 unspecified atom stereocenters. The van der Waals surface area contributed by atoms with E-state index in [0.717, 1.165) is 37.8 Å². The number of fused-ring (bicyclic) bond motifs is 1. The molecule has 2 aliphatic rings. The summed E-state index contributed by atoms with van der Waals surface area (Å²) in [6.45, 7) is 0.623. The minimum atomic E-state index is -0.394. The highest BCUT2D eigenvalue weighted by atomic mass is 32.1. The highest BCUT2D eigenvalue weighted by molar-refractivity contribution is 7.15. The predicted octanol–water partition coefficient (Wildman–Crippen LogP) is 3.39. The minimum Gasteiger partial charge on any atom is -0.368 e. The summed E-state index contributed by atoms with van der Waals surface area (Å²) in [5, 5.41) is 6.36. The molecule has 136 valence electrons. The summed E-state index contributed by atoms with van der Waals surface area (Å²) in [7, 11) is 0. The van der Waals surface area contributed by atoms with E-state index in [9.17, 15) is 9.59 Å². The van der Waals surface area contributed by atoms with Crippen molar-refractivity contribution in [3.63, 3.8) is 0 Å². The fourth-order valence-corrected chi connectivity index (χ4v) is 4.37. The SMILES string of the molecule is O=C(Nc1nc2c(s1)CCCC2)c1cccc(NC(=O)[C@@H]2CCCO2)c1.